The lowest BCUT2D eigenvalue weighted by Gasteiger charge is -2.37. The summed E-state index contributed by atoms with van der Waals surface area (Å²) in [7, 11) is 0. The van der Waals surface area contributed by atoms with E-state index in [2.05, 4.69) is 29.4 Å². The number of amides is 1. The molecule has 0 aromatic carbocycles. The summed E-state index contributed by atoms with van der Waals surface area (Å²) in [5.74, 6) is 0.912. The third-order valence-corrected chi connectivity index (χ3v) is 4.44. The number of carbonyl (C=O) groups is 1. The highest BCUT2D eigenvalue weighted by Gasteiger charge is 2.26. The van der Waals surface area contributed by atoms with Gasteiger partial charge >= 0.3 is 0 Å². The number of hydrogen-bond donors (Lipinski definition) is 2. The molecule has 20 heavy (non-hydrogen) atoms. The standard InChI is InChI=1S/C15H29N3O2/c1-12(2)14(18-6-8-20-9-7-18)11-17-15(19)13-4-3-5-16-10-13/h12-14,16H,3-11H2,1-2H3,(H,17,19). The molecule has 0 radical (unpaired) electrons. The van der Waals surface area contributed by atoms with Crippen LogP contribution in [0, 0.1) is 11.8 Å². The molecule has 2 saturated heterocycles. The fourth-order valence-corrected chi connectivity index (χ4v) is 3.12. The first-order valence-electron chi connectivity index (χ1n) is 7.98. The zero-order chi connectivity index (χ0) is 14.4. The molecule has 0 aromatic heterocycles. The Hall–Kier alpha value is -0.650. The van der Waals surface area contributed by atoms with Crippen molar-refractivity contribution in [1.82, 2.24) is 15.5 Å². The number of nitrogens with zero attached hydrogens (tertiary/aromatic N) is 1. The number of hydrogen-bond acceptors (Lipinski definition) is 4. The number of rotatable bonds is 5. The van der Waals surface area contributed by atoms with Crippen LogP contribution in [0.25, 0.3) is 0 Å². The topological polar surface area (TPSA) is 53.6 Å². The molecule has 2 atom stereocenters. The normalized spacial score (nSPS) is 26.4. The van der Waals surface area contributed by atoms with Gasteiger partial charge in [-0.2, -0.15) is 0 Å². The molecule has 5 nitrogen and oxygen atoms in total. The van der Waals surface area contributed by atoms with E-state index in [9.17, 15) is 4.79 Å². The first-order chi connectivity index (χ1) is 9.68. The van der Waals surface area contributed by atoms with Crippen LogP contribution < -0.4 is 10.6 Å². The number of morpholine rings is 1. The molecule has 2 N–H and O–H groups in total. The van der Waals surface area contributed by atoms with Gasteiger partial charge in [0.2, 0.25) is 5.91 Å². The van der Waals surface area contributed by atoms with Gasteiger partial charge in [0.1, 0.15) is 0 Å². The molecule has 2 unspecified atom stereocenters. The summed E-state index contributed by atoms with van der Waals surface area (Å²) < 4.78 is 5.41. The van der Waals surface area contributed by atoms with Crippen molar-refractivity contribution in [2.24, 2.45) is 11.8 Å². The van der Waals surface area contributed by atoms with Gasteiger partial charge in [-0.25, -0.2) is 0 Å². The monoisotopic (exact) mass is 283 g/mol. The third-order valence-electron chi connectivity index (χ3n) is 4.44. The van der Waals surface area contributed by atoms with E-state index in [1.165, 1.54) is 0 Å². The first-order valence-corrected chi connectivity index (χ1v) is 7.98. The van der Waals surface area contributed by atoms with Gasteiger partial charge in [0.25, 0.3) is 0 Å². The predicted molar refractivity (Wildman–Crippen MR) is 79.6 cm³/mol. The summed E-state index contributed by atoms with van der Waals surface area (Å²) in [6, 6.07) is 0.416. The molecule has 0 bridgehead atoms. The predicted octanol–water partition coefficient (Wildman–Crippen LogP) is 0.459. The summed E-state index contributed by atoms with van der Waals surface area (Å²) in [4.78, 5) is 14.7. The second kappa shape index (κ2) is 7.96. The maximum atomic E-state index is 12.2. The van der Waals surface area contributed by atoms with E-state index in [1.54, 1.807) is 0 Å². The molecule has 2 fully saturated rings. The number of piperidine rings is 1. The molecule has 0 saturated carbocycles. The third kappa shape index (κ3) is 4.43. The molecule has 0 aromatic rings. The van der Waals surface area contributed by atoms with Crippen LogP contribution in [-0.4, -0.2) is 62.8 Å². The summed E-state index contributed by atoms with van der Waals surface area (Å²) in [5.41, 5.74) is 0. The van der Waals surface area contributed by atoms with E-state index < -0.39 is 0 Å². The molecule has 2 heterocycles. The van der Waals surface area contributed by atoms with E-state index in [1.807, 2.05) is 0 Å². The Morgan fingerprint density at radius 1 is 1.40 bits per heavy atom. The van der Waals surface area contributed by atoms with Gasteiger partial charge in [-0.3, -0.25) is 9.69 Å². The summed E-state index contributed by atoms with van der Waals surface area (Å²) in [6.45, 7) is 10.7. The largest absolute Gasteiger partial charge is 0.379 e. The molecule has 2 rings (SSSR count). The van der Waals surface area contributed by atoms with Crippen LogP contribution in [0.5, 0.6) is 0 Å². The molecule has 5 heteroatoms. The molecule has 2 aliphatic heterocycles. The first kappa shape index (κ1) is 15.7. The van der Waals surface area contributed by atoms with Crippen molar-refractivity contribution in [3.63, 3.8) is 0 Å². The van der Waals surface area contributed by atoms with Gasteiger partial charge in [-0.1, -0.05) is 13.8 Å². The Bertz CT molecular complexity index is 297. The van der Waals surface area contributed by atoms with E-state index in [4.69, 9.17) is 4.74 Å². The van der Waals surface area contributed by atoms with Crippen LogP contribution in [0.3, 0.4) is 0 Å². The highest BCUT2D eigenvalue weighted by atomic mass is 16.5. The second-order valence-corrected chi connectivity index (χ2v) is 6.25. The fraction of sp³-hybridized carbons (Fsp3) is 0.933. The summed E-state index contributed by atoms with van der Waals surface area (Å²) in [5, 5.41) is 6.47. The Morgan fingerprint density at radius 2 is 2.15 bits per heavy atom. The molecule has 2 aliphatic rings. The second-order valence-electron chi connectivity index (χ2n) is 6.25. The van der Waals surface area contributed by atoms with Crippen LogP contribution >= 0.6 is 0 Å². The van der Waals surface area contributed by atoms with Crippen molar-refractivity contribution in [2.45, 2.75) is 32.7 Å². The van der Waals surface area contributed by atoms with Crippen molar-refractivity contribution < 1.29 is 9.53 Å². The minimum atomic E-state index is 0.154. The van der Waals surface area contributed by atoms with E-state index in [0.717, 1.165) is 58.8 Å². The van der Waals surface area contributed by atoms with Gasteiger partial charge in [-0.15, -0.1) is 0 Å². The Kier molecular flexibility index (Phi) is 6.26. The lowest BCUT2D eigenvalue weighted by atomic mass is 9.97. The molecule has 1 amide bonds. The molecule has 116 valence electrons. The highest BCUT2D eigenvalue weighted by molar-refractivity contribution is 5.79. The minimum absolute atomic E-state index is 0.154. The van der Waals surface area contributed by atoms with Gasteiger partial charge in [0.15, 0.2) is 0 Å². The average molecular weight is 283 g/mol. The van der Waals surface area contributed by atoms with Gasteiger partial charge < -0.3 is 15.4 Å². The van der Waals surface area contributed by atoms with Gasteiger partial charge in [0, 0.05) is 32.2 Å². The fourth-order valence-electron chi connectivity index (χ4n) is 3.12. The van der Waals surface area contributed by atoms with Crippen molar-refractivity contribution in [2.75, 3.05) is 45.9 Å². The Labute approximate surface area is 122 Å². The van der Waals surface area contributed by atoms with E-state index in [-0.39, 0.29) is 11.8 Å². The molecule has 0 spiro atoms. The van der Waals surface area contributed by atoms with Crippen LogP contribution in [0.15, 0.2) is 0 Å². The van der Waals surface area contributed by atoms with Crippen LogP contribution in [0.1, 0.15) is 26.7 Å². The maximum Gasteiger partial charge on any atom is 0.224 e. The lowest BCUT2D eigenvalue weighted by molar-refractivity contribution is -0.125. The zero-order valence-electron chi connectivity index (χ0n) is 12.9. The SMILES string of the molecule is CC(C)C(CNC(=O)C1CCCNC1)N1CCOCC1. The molecular weight excluding hydrogens is 254 g/mol. The van der Waals surface area contributed by atoms with Crippen molar-refractivity contribution in [3.8, 4) is 0 Å². The average Bonchev–Trinajstić information content (AvgIpc) is 2.49. The van der Waals surface area contributed by atoms with Crippen molar-refractivity contribution >= 4 is 5.91 Å². The van der Waals surface area contributed by atoms with E-state index in [0.29, 0.717) is 12.0 Å². The Morgan fingerprint density at radius 3 is 2.75 bits per heavy atom. The maximum absolute atomic E-state index is 12.2. The number of nitrogens with one attached hydrogen (secondary N) is 2. The summed E-state index contributed by atoms with van der Waals surface area (Å²) >= 11 is 0. The highest BCUT2D eigenvalue weighted by Crippen LogP contribution is 2.14. The Balaban J connectivity index is 1.80. The minimum Gasteiger partial charge on any atom is -0.379 e. The van der Waals surface area contributed by atoms with E-state index >= 15 is 0 Å². The number of carbonyl (C=O) groups excluding carboxylic acids is 1. The van der Waals surface area contributed by atoms with Crippen LogP contribution in [-0.2, 0) is 9.53 Å². The lowest BCUT2D eigenvalue weighted by Crippen LogP contribution is -2.52. The smallest absolute Gasteiger partial charge is 0.224 e. The van der Waals surface area contributed by atoms with Crippen LogP contribution in [0.2, 0.25) is 0 Å². The van der Waals surface area contributed by atoms with Crippen molar-refractivity contribution in [3.05, 3.63) is 0 Å². The van der Waals surface area contributed by atoms with Crippen LogP contribution in [0.4, 0.5) is 0 Å². The quantitative estimate of drug-likeness (QED) is 0.770. The number of ether oxygens (including phenoxy) is 1. The van der Waals surface area contributed by atoms with Gasteiger partial charge in [-0.05, 0) is 25.3 Å². The molecule has 0 aliphatic carbocycles. The molecular formula is C15H29N3O2. The van der Waals surface area contributed by atoms with Gasteiger partial charge in [0.05, 0.1) is 19.1 Å². The summed E-state index contributed by atoms with van der Waals surface area (Å²) in [6.07, 6.45) is 2.12. The zero-order valence-corrected chi connectivity index (χ0v) is 12.9. The van der Waals surface area contributed by atoms with Crippen molar-refractivity contribution in [1.29, 1.82) is 0 Å².